The van der Waals surface area contributed by atoms with Crippen molar-refractivity contribution < 1.29 is 0 Å². The van der Waals surface area contributed by atoms with Gasteiger partial charge in [0.25, 0.3) is 0 Å². The maximum Gasteiger partial charge on any atom is 0.0582 e. The molecule has 0 atom stereocenters. The van der Waals surface area contributed by atoms with Gasteiger partial charge in [-0.25, -0.2) is 0 Å². The van der Waals surface area contributed by atoms with Crippen molar-refractivity contribution in [1.29, 1.82) is 0 Å². The summed E-state index contributed by atoms with van der Waals surface area (Å²) >= 11 is 1.89. The van der Waals surface area contributed by atoms with Gasteiger partial charge in [-0.3, -0.25) is 0 Å². The average Bonchev–Trinajstić information content (AvgIpc) is 3.37. The van der Waals surface area contributed by atoms with E-state index in [1.807, 2.05) is 11.3 Å². The molecule has 0 saturated heterocycles. The SMILES string of the molecule is C/C=C\c1c(C)sc2cccc(-c3ccc4c(c3)c3cccc5c3n4-c3ccccc3C5(C)C)c12. The molecule has 6 aromatic rings. The highest BCUT2D eigenvalue weighted by Crippen LogP contribution is 2.48. The van der Waals surface area contributed by atoms with Crippen molar-refractivity contribution in [3.05, 3.63) is 107 Å². The third-order valence-electron chi connectivity index (χ3n) is 7.86. The highest BCUT2D eigenvalue weighted by molar-refractivity contribution is 7.19. The van der Waals surface area contributed by atoms with Crippen LogP contribution >= 0.6 is 11.3 Å². The molecule has 1 nitrogen and oxygen atoms in total. The number of benzene rings is 4. The summed E-state index contributed by atoms with van der Waals surface area (Å²) < 4.78 is 3.84. The number of hydrogen-bond acceptors (Lipinski definition) is 1. The Kier molecular flexibility index (Phi) is 4.26. The number of rotatable bonds is 2. The molecular weight excluding hydrogens is 442 g/mol. The first-order valence-corrected chi connectivity index (χ1v) is 13.1. The zero-order valence-electron chi connectivity index (χ0n) is 20.5. The lowest BCUT2D eigenvalue weighted by Crippen LogP contribution is -2.26. The molecule has 2 aromatic heterocycles. The van der Waals surface area contributed by atoms with Gasteiger partial charge in [0.05, 0.1) is 16.7 Å². The van der Waals surface area contributed by atoms with Gasteiger partial charge in [0.15, 0.2) is 0 Å². The Bertz CT molecular complexity index is 1840. The first kappa shape index (κ1) is 20.7. The molecule has 1 aliphatic heterocycles. The number of hydrogen-bond donors (Lipinski definition) is 0. The largest absolute Gasteiger partial charge is 0.309 e. The van der Waals surface area contributed by atoms with E-state index < -0.39 is 0 Å². The van der Waals surface area contributed by atoms with Crippen molar-refractivity contribution >= 4 is 49.3 Å². The zero-order valence-corrected chi connectivity index (χ0v) is 21.3. The highest BCUT2D eigenvalue weighted by atomic mass is 32.1. The van der Waals surface area contributed by atoms with E-state index in [4.69, 9.17) is 0 Å². The predicted octanol–water partition coefficient (Wildman–Crippen LogP) is 9.65. The summed E-state index contributed by atoms with van der Waals surface area (Å²) in [6.07, 6.45) is 4.41. The van der Waals surface area contributed by atoms with E-state index >= 15 is 0 Å². The molecule has 0 aliphatic carbocycles. The molecule has 0 saturated carbocycles. The molecule has 0 unspecified atom stereocenters. The van der Waals surface area contributed by atoms with Gasteiger partial charge in [0, 0.05) is 31.2 Å². The average molecular weight is 470 g/mol. The van der Waals surface area contributed by atoms with Gasteiger partial charge in [-0.2, -0.15) is 0 Å². The molecule has 0 fully saturated rings. The number of nitrogens with zero attached hydrogens (tertiary/aromatic N) is 1. The summed E-state index contributed by atoms with van der Waals surface area (Å²) in [6.45, 7) is 9.05. The smallest absolute Gasteiger partial charge is 0.0582 e. The van der Waals surface area contributed by atoms with E-state index in [0.717, 1.165) is 0 Å². The van der Waals surface area contributed by atoms with Gasteiger partial charge in [-0.15, -0.1) is 11.3 Å². The topological polar surface area (TPSA) is 4.93 Å². The standard InChI is InChI=1S/C33H27NS/c1-5-10-22-20(2)35-30-16-9-11-23(31(22)30)21-17-18-28-25(19-21)24-12-8-14-27-32(24)34(28)29-15-7-6-13-26(29)33(27,3)4/h5-19H,1-4H3/b10-5-. The summed E-state index contributed by atoms with van der Waals surface area (Å²) in [6, 6.07) is 29.5. The van der Waals surface area contributed by atoms with Gasteiger partial charge < -0.3 is 4.57 Å². The van der Waals surface area contributed by atoms with E-state index in [1.165, 1.54) is 70.3 Å². The molecule has 0 bridgehead atoms. The molecule has 7 rings (SSSR count). The Balaban J connectivity index is 1.58. The lowest BCUT2D eigenvalue weighted by molar-refractivity contribution is 0.630. The number of allylic oxidation sites excluding steroid dienone is 1. The maximum atomic E-state index is 2.49. The second-order valence-corrected chi connectivity index (χ2v) is 11.4. The molecule has 0 radical (unpaired) electrons. The van der Waals surface area contributed by atoms with Gasteiger partial charge in [-0.05, 0) is 65.9 Å². The van der Waals surface area contributed by atoms with Crippen molar-refractivity contribution in [3.63, 3.8) is 0 Å². The van der Waals surface area contributed by atoms with E-state index in [-0.39, 0.29) is 5.41 Å². The molecule has 0 N–H and O–H groups in total. The first-order chi connectivity index (χ1) is 17.0. The fourth-order valence-electron chi connectivity index (χ4n) is 6.23. The van der Waals surface area contributed by atoms with Crippen LogP contribution in [0.2, 0.25) is 0 Å². The van der Waals surface area contributed by atoms with Crippen molar-refractivity contribution in [2.75, 3.05) is 0 Å². The highest BCUT2D eigenvalue weighted by Gasteiger charge is 2.34. The van der Waals surface area contributed by atoms with Crippen LogP contribution in [-0.2, 0) is 5.41 Å². The van der Waals surface area contributed by atoms with Crippen molar-refractivity contribution in [2.45, 2.75) is 33.1 Å². The maximum absolute atomic E-state index is 2.49. The van der Waals surface area contributed by atoms with E-state index in [2.05, 4.69) is 123 Å². The third kappa shape index (κ3) is 2.69. The van der Waals surface area contributed by atoms with Crippen LogP contribution in [0.15, 0.2) is 84.9 Å². The summed E-state index contributed by atoms with van der Waals surface area (Å²) in [5.41, 5.74) is 10.6. The van der Waals surface area contributed by atoms with E-state index in [9.17, 15) is 0 Å². The lowest BCUT2D eigenvalue weighted by Gasteiger charge is -2.34. The van der Waals surface area contributed by atoms with Crippen LogP contribution in [0.25, 0.3) is 54.8 Å². The minimum absolute atomic E-state index is 0.0372. The third-order valence-corrected chi connectivity index (χ3v) is 8.95. The van der Waals surface area contributed by atoms with Crippen LogP contribution in [0.4, 0.5) is 0 Å². The van der Waals surface area contributed by atoms with Crippen LogP contribution in [0.3, 0.4) is 0 Å². The fourth-order valence-corrected chi connectivity index (χ4v) is 7.31. The minimum Gasteiger partial charge on any atom is -0.309 e. The number of aryl methyl sites for hydroxylation is 1. The quantitative estimate of drug-likeness (QED) is 0.238. The van der Waals surface area contributed by atoms with Crippen molar-refractivity contribution in [1.82, 2.24) is 4.57 Å². The molecular formula is C33H27NS. The van der Waals surface area contributed by atoms with Crippen LogP contribution in [-0.4, -0.2) is 4.57 Å². The van der Waals surface area contributed by atoms with Crippen LogP contribution in [0, 0.1) is 6.92 Å². The monoisotopic (exact) mass is 469 g/mol. The lowest BCUT2D eigenvalue weighted by atomic mass is 9.75. The molecule has 170 valence electrons. The summed E-state index contributed by atoms with van der Waals surface area (Å²) in [5.74, 6) is 0. The second kappa shape index (κ2) is 7.19. The molecule has 35 heavy (non-hydrogen) atoms. The fraction of sp³-hybridized carbons (Fsp3) is 0.152. The molecule has 2 heteroatoms. The second-order valence-electron chi connectivity index (χ2n) is 10.2. The number of aromatic nitrogens is 1. The van der Waals surface area contributed by atoms with Gasteiger partial charge in [0.2, 0.25) is 0 Å². The van der Waals surface area contributed by atoms with Gasteiger partial charge >= 0.3 is 0 Å². The Morgan fingerprint density at radius 2 is 1.63 bits per heavy atom. The van der Waals surface area contributed by atoms with Crippen LogP contribution in [0.5, 0.6) is 0 Å². The van der Waals surface area contributed by atoms with E-state index in [0.29, 0.717) is 0 Å². The molecule has 1 aliphatic rings. The van der Waals surface area contributed by atoms with E-state index in [1.54, 1.807) is 0 Å². The van der Waals surface area contributed by atoms with Crippen molar-refractivity contribution in [3.8, 4) is 16.8 Å². The number of thiophene rings is 1. The predicted molar refractivity (Wildman–Crippen MR) is 153 cm³/mol. The Morgan fingerprint density at radius 1 is 0.829 bits per heavy atom. The molecule has 3 heterocycles. The van der Waals surface area contributed by atoms with Gasteiger partial charge in [-0.1, -0.05) is 80.6 Å². The molecule has 0 spiro atoms. The summed E-state index contributed by atoms with van der Waals surface area (Å²) in [4.78, 5) is 1.37. The Labute approximate surface area is 210 Å². The molecule has 4 aromatic carbocycles. The zero-order chi connectivity index (χ0) is 23.9. The van der Waals surface area contributed by atoms with Crippen LogP contribution in [0.1, 0.15) is 42.3 Å². The Hall–Kier alpha value is -3.62. The summed E-state index contributed by atoms with van der Waals surface area (Å²) in [5, 5.41) is 4.03. The Morgan fingerprint density at radius 3 is 2.49 bits per heavy atom. The van der Waals surface area contributed by atoms with Crippen LogP contribution < -0.4 is 0 Å². The van der Waals surface area contributed by atoms with Crippen molar-refractivity contribution in [2.24, 2.45) is 0 Å². The number of fused-ring (bicyclic) bond motifs is 6. The normalized spacial score (nSPS) is 14.4. The van der Waals surface area contributed by atoms with Gasteiger partial charge in [0.1, 0.15) is 0 Å². The summed E-state index contributed by atoms with van der Waals surface area (Å²) in [7, 11) is 0. The number of para-hydroxylation sites is 2. The minimum atomic E-state index is -0.0372. The first-order valence-electron chi connectivity index (χ1n) is 12.3. The molecule has 0 amide bonds.